The van der Waals surface area contributed by atoms with Crippen LogP contribution in [0.1, 0.15) is 58.6 Å². The van der Waals surface area contributed by atoms with Gasteiger partial charge in [0.05, 0.1) is 17.1 Å². The molecule has 160 valence electrons. The number of rotatable bonds is 7. The van der Waals surface area contributed by atoms with Gasteiger partial charge in [0.15, 0.2) is 5.82 Å². The van der Waals surface area contributed by atoms with Crippen LogP contribution < -0.4 is 0 Å². The van der Waals surface area contributed by atoms with Crippen LogP contribution in [0.3, 0.4) is 0 Å². The van der Waals surface area contributed by atoms with Crippen LogP contribution in [0.2, 0.25) is 5.02 Å². The Kier molecular flexibility index (Phi) is 6.55. The molecule has 2 heterocycles. The van der Waals surface area contributed by atoms with Gasteiger partial charge in [-0.25, -0.2) is 0 Å². The molecule has 1 amide bonds. The first-order chi connectivity index (χ1) is 14.1. The maximum absolute atomic E-state index is 12.8. The Hall–Kier alpha value is -2.74. The number of carbonyl (C=O) groups excluding carboxylic acids is 1. The number of aromatic nitrogens is 4. The van der Waals surface area contributed by atoms with Crippen LogP contribution in [0.15, 0.2) is 33.2 Å². The van der Waals surface area contributed by atoms with E-state index in [1.165, 1.54) is 0 Å². The van der Waals surface area contributed by atoms with E-state index in [0.29, 0.717) is 40.5 Å². The van der Waals surface area contributed by atoms with E-state index < -0.39 is 0 Å². The Labute approximate surface area is 180 Å². The van der Waals surface area contributed by atoms with Crippen molar-refractivity contribution in [2.45, 2.75) is 65.5 Å². The zero-order valence-electron chi connectivity index (χ0n) is 17.8. The monoisotopic (exact) mass is 431 g/mol. The molecule has 0 aliphatic heterocycles. The Bertz CT molecular complexity index is 1010. The van der Waals surface area contributed by atoms with Crippen molar-refractivity contribution in [3.63, 3.8) is 0 Å². The Balaban J connectivity index is 1.65. The van der Waals surface area contributed by atoms with E-state index in [9.17, 15) is 4.79 Å². The Morgan fingerprint density at radius 3 is 2.53 bits per heavy atom. The molecular formula is C21H26ClN5O3. The molecule has 0 atom stereocenters. The number of halogens is 1. The highest BCUT2D eigenvalue weighted by atomic mass is 35.5. The molecule has 0 N–H and O–H groups in total. The van der Waals surface area contributed by atoms with Crippen LogP contribution in [-0.4, -0.2) is 37.2 Å². The maximum Gasteiger partial charge on any atom is 0.249 e. The lowest BCUT2D eigenvalue weighted by Gasteiger charge is -2.25. The number of carbonyl (C=O) groups is 1. The fraction of sp³-hybridized carbons (Fsp3) is 0.476. The molecule has 0 aliphatic rings. The third kappa shape index (κ3) is 5.24. The van der Waals surface area contributed by atoms with Crippen molar-refractivity contribution in [3.05, 3.63) is 46.9 Å². The van der Waals surface area contributed by atoms with Gasteiger partial charge in [-0.2, -0.15) is 4.98 Å². The molecule has 3 rings (SSSR count). The molecule has 0 aliphatic carbocycles. The number of hydrogen-bond acceptors (Lipinski definition) is 7. The lowest BCUT2D eigenvalue weighted by molar-refractivity contribution is -0.134. The minimum absolute atomic E-state index is 0.0408. The van der Waals surface area contributed by atoms with E-state index in [0.717, 1.165) is 0 Å². The highest BCUT2D eigenvalue weighted by Gasteiger charge is 2.24. The molecule has 0 bridgehead atoms. The van der Waals surface area contributed by atoms with Gasteiger partial charge < -0.3 is 13.8 Å². The lowest BCUT2D eigenvalue weighted by atomic mass is 9.96. The molecule has 0 unspecified atom stereocenters. The maximum atomic E-state index is 12.8. The van der Waals surface area contributed by atoms with Gasteiger partial charge in [-0.15, -0.1) is 10.2 Å². The number of aryl methyl sites for hydroxylation is 1. The third-order valence-corrected chi connectivity index (χ3v) is 4.84. The quantitative estimate of drug-likeness (QED) is 0.545. The number of benzene rings is 1. The minimum atomic E-state index is -0.201. The first-order valence-electron chi connectivity index (χ1n) is 9.85. The van der Waals surface area contributed by atoms with Gasteiger partial charge in [-0.3, -0.25) is 4.79 Å². The number of nitrogens with zero attached hydrogens (tertiary/aromatic N) is 5. The summed E-state index contributed by atoms with van der Waals surface area (Å²) in [7, 11) is 0. The highest BCUT2D eigenvalue weighted by molar-refractivity contribution is 6.33. The fourth-order valence-electron chi connectivity index (χ4n) is 2.78. The molecule has 9 heteroatoms. The van der Waals surface area contributed by atoms with Gasteiger partial charge in [-0.1, -0.05) is 49.7 Å². The molecule has 30 heavy (non-hydrogen) atoms. The molecule has 0 saturated heterocycles. The van der Waals surface area contributed by atoms with Crippen molar-refractivity contribution in [2.24, 2.45) is 0 Å². The summed E-state index contributed by atoms with van der Waals surface area (Å²) in [4.78, 5) is 18.9. The van der Waals surface area contributed by atoms with Crippen molar-refractivity contribution < 1.29 is 13.7 Å². The van der Waals surface area contributed by atoms with Gasteiger partial charge in [0.2, 0.25) is 23.6 Å². The van der Waals surface area contributed by atoms with Crippen LogP contribution in [-0.2, 0) is 23.2 Å². The minimum Gasteiger partial charge on any atom is -0.419 e. The zero-order chi connectivity index (χ0) is 21.9. The highest BCUT2D eigenvalue weighted by Crippen LogP contribution is 2.26. The predicted molar refractivity (Wildman–Crippen MR) is 112 cm³/mol. The summed E-state index contributed by atoms with van der Waals surface area (Å²) in [5.74, 6) is 1.70. The first kappa shape index (κ1) is 22.0. The number of hydrogen-bond donors (Lipinski definition) is 0. The number of amides is 1. The van der Waals surface area contributed by atoms with E-state index in [-0.39, 0.29) is 30.3 Å². The average molecular weight is 432 g/mol. The summed E-state index contributed by atoms with van der Waals surface area (Å²) in [6, 6.07) is 7.20. The van der Waals surface area contributed by atoms with E-state index in [4.69, 9.17) is 20.5 Å². The zero-order valence-corrected chi connectivity index (χ0v) is 18.6. The molecule has 0 saturated carbocycles. The summed E-state index contributed by atoms with van der Waals surface area (Å²) in [5.41, 5.74) is 0.457. The molecule has 2 aromatic heterocycles. The summed E-state index contributed by atoms with van der Waals surface area (Å²) in [5, 5.41) is 12.7. The van der Waals surface area contributed by atoms with Crippen LogP contribution >= 0.6 is 11.6 Å². The second kappa shape index (κ2) is 8.95. The van der Waals surface area contributed by atoms with Gasteiger partial charge in [0.25, 0.3) is 0 Å². The summed E-state index contributed by atoms with van der Waals surface area (Å²) < 4.78 is 11.0. The molecule has 0 fully saturated rings. The van der Waals surface area contributed by atoms with Crippen LogP contribution in [0, 0.1) is 0 Å². The smallest absolute Gasteiger partial charge is 0.249 e. The summed E-state index contributed by atoms with van der Waals surface area (Å²) >= 11 is 6.19. The second-order valence-electron chi connectivity index (χ2n) is 8.36. The Morgan fingerprint density at radius 2 is 1.90 bits per heavy atom. The predicted octanol–water partition coefficient (Wildman–Crippen LogP) is 4.44. The van der Waals surface area contributed by atoms with E-state index >= 15 is 0 Å². The van der Waals surface area contributed by atoms with Crippen LogP contribution in [0.25, 0.3) is 11.5 Å². The van der Waals surface area contributed by atoms with Gasteiger partial charge in [0, 0.05) is 24.3 Å². The molecule has 8 nitrogen and oxygen atoms in total. The SMILES string of the molecule is CC(C)N(Cc1nnc(-c2ccccc2Cl)o1)C(=O)CCc1nc(C(C)(C)C)no1. The van der Waals surface area contributed by atoms with Gasteiger partial charge >= 0.3 is 0 Å². The van der Waals surface area contributed by atoms with E-state index in [1.807, 2.05) is 46.8 Å². The van der Waals surface area contributed by atoms with Crippen molar-refractivity contribution in [2.75, 3.05) is 0 Å². The fourth-order valence-corrected chi connectivity index (χ4v) is 3.00. The van der Waals surface area contributed by atoms with Crippen molar-refractivity contribution >= 4 is 17.5 Å². The van der Waals surface area contributed by atoms with Crippen LogP contribution in [0.4, 0.5) is 0 Å². The molecular weight excluding hydrogens is 406 g/mol. The van der Waals surface area contributed by atoms with Crippen molar-refractivity contribution in [3.8, 4) is 11.5 Å². The summed E-state index contributed by atoms with van der Waals surface area (Å²) in [6.45, 7) is 10.1. The van der Waals surface area contributed by atoms with Crippen molar-refractivity contribution in [1.29, 1.82) is 0 Å². The average Bonchev–Trinajstić information content (AvgIpc) is 3.33. The van der Waals surface area contributed by atoms with Crippen LogP contribution in [0.5, 0.6) is 0 Å². The lowest BCUT2D eigenvalue weighted by Crippen LogP contribution is -2.36. The molecule has 0 spiro atoms. The normalized spacial score (nSPS) is 11.8. The second-order valence-corrected chi connectivity index (χ2v) is 8.77. The van der Waals surface area contributed by atoms with Gasteiger partial charge in [0.1, 0.15) is 0 Å². The van der Waals surface area contributed by atoms with Gasteiger partial charge in [-0.05, 0) is 26.0 Å². The van der Waals surface area contributed by atoms with E-state index in [1.54, 1.807) is 17.0 Å². The largest absolute Gasteiger partial charge is 0.419 e. The van der Waals surface area contributed by atoms with E-state index in [2.05, 4.69) is 20.3 Å². The standard InChI is InChI=1S/C21H26ClN5O3/c1-13(2)27(18(28)11-10-16-23-20(26-30-16)21(3,4)5)12-17-24-25-19(29-17)14-8-6-7-9-15(14)22/h6-9,13H,10-12H2,1-5H3. The van der Waals surface area contributed by atoms with Crippen molar-refractivity contribution in [1.82, 2.24) is 25.2 Å². The molecule has 0 radical (unpaired) electrons. The first-order valence-corrected chi connectivity index (χ1v) is 10.2. The topological polar surface area (TPSA) is 98.2 Å². The Morgan fingerprint density at radius 1 is 1.17 bits per heavy atom. The molecule has 1 aromatic carbocycles. The molecule has 3 aromatic rings. The third-order valence-electron chi connectivity index (χ3n) is 4.51. The summed E-state index contributed by atoms with van der Waals surface area (Å²) in [6.07, 6.45) is 0.620.